The molecule has 0 heterocycles. The lowest BCUT2D eigenvalue weighted by Gasteiger charge is -2.20. The van der Waals surface area contributed by atoms with Gasteiger partial charge in [-0.25, -0.2) is 4.57 Å². The smallest absolute Gasteiger partial charge is 0.472 e. The monoisotopic (exact) mass is 745 g/mol. The van der Waals surface area contributed by atoms with E-state index in [9.17, 15) is 23.8 Å². The quantitative estimate of drug-likeness (QED) is 0.0239. The van der Waals surface area contributed by atoms with Gasteiger partial charge in [0, 0.05) is 12.8 Å². The molecule has 0 aliphatic carbocycles. The number of aliphatic carboxylic acids is 1. The van der Waals surface area contributed by atoms with Crippen molar-refractivity contribution in [2.75, 3.05) is 19.8 Å². The lowest BCUT2D eigenvalue weighted by Crippen LogP contribution is -2.34. The SMILES string of the molecule is CCCCCC/C=C\CCCCCCCC(=O)OC[C@H](COP(=O)(O)OC[C@H](N)C(=O)O)OC(=O)CCCCCCC/C=C\CCCCCCC. The number of carboxylic acids is 1. The summed E-state index contributed by atoms with van der Waals surface area (Å²) in [6.45, 7) is 2.75. The maximum absolute atomic E-state index is 12.6. The van der Waals surface area contributed by atoms with Crippen LogP contribution in [0.1, 0.15) is 174 Å². The Labute approximate surface area is 309 Å². The number of hydrogen-bond acceptors (Lipinski definition) is 9. The average molecular weight is 746 g/mol. The van der Waals surface area contributed by atoms with Crippen molar-refractivity contribution in [1.29, 1.82) is 0 Å². The van der Waals surface area contributed by atoms with E-state index >= 15 is 0 Å². The molecule has 0 radical (unpaired) electrons. The highest BCUT2D eigenvalue weighted by Crippen LogP contribution is 2.43. The standard InChI is InChI=1S/C39H72NO10P/c1-3-5-7-9-11-13-15-17-19-21-23-25-27-29-31-38(42)50-35(33-48-51(45,46)49-34-36(40)39(43)44)32-47-37(41)30-28-26-24-22-20-18-16-14-12-10-8-6-4-2/h14-17,35-36H,3-13,18-34,40H2,1-2H3,(H,43,44)(H,45,46)/b16-14-,17-15-/t35-,36+/m1/s1. The minimum atomic E-state index is -4.71. The third-order valence-corrected chi connectivity index (χ3v) is 9.37. The summed E-state index contributed by atoms with van der Waals surface area (Å²) in [7, 11) is -4.71. The van der Waals surface area contributed by atoms with E-state index in [0.717, 1.165) is 77.0 Å². The van der Waals surface area contributed by atoms with Gasteiger partial charge in [0.05, 0.1) is 13.2 Å². The van der Waals surface area contributed by atoms with Crippen LogP contribution in [0.15, 0.2) is 24.3 Å². The van der Waals surface area contributed by atoms with E-state index in [4.69, 9.17) is 24.8 Å². The second kappa shape index (κ2) is 35.0. The first-order valence-corrected chi connectivity index (χ1v) is 21.4. The number of esters is 2. The van der Waals surface area contributed by atoms with Gasteiger partial charge in [0.2, 0.25) is 0 Å². The number of allylic oxidation sites excluding steroid dienone is 4. The average Bonchev–Trinajstić information content (AvgIpc) is 3.10. The van der Waals surface area contributed by atoms with Gasteiger partial charge in [-0.3, -0.25) is 23.4 Å². The Morgan fingerprint density at radius 3 is 1.45 bits per heavy atom. The van der Waals surface area contributed by atoms with Crippen LogP contribution < -0.4 is 5.73 Å². The zero-order valence-corrected chi connectivity index (χ0v) is 32.8. The number of hydrogen-bond donors (Lipinski definition) is 3. The molecular weight excluding hydrogens is 673 g/mol. The summed E-state index contributed by atoms with van der Waals surface area (Å²) in [5, 5.41) is 8.86. The van der Waals surface area contributed by atoms with Crippen LogP contribution in [0.4, 0.5) is 0 Å². The van der Waals surface area contributed by atoms with Crippen LogP contribution in [-0.4, -0.2) is 59.9 Å². The minimum Gasteiger partial charge on any atom is -0.480 e. The molecule has 0 saturated heterocycles. The molecule has 11 nitrogen and oxygen atoms in total. The maximum Gasteiger partial charge on any atom is 0.472 e. The molecule has 0 saturated carbocycles. The fourth-order valence-corrected chi connectivity index (χ4v) is 6.01. The van der Waals surface area contributed by atoms with Gasteiger partial charge in [-0.15, -0.1) is 0 Å². The number of carboxylic acid groups (broad SMARTS) is 1. The number of phosphoric acid groups is 1. The largest absolute Gasteiger partial charge is 0.480 e. The number of unbranched alkanes of at least 4 members (excludes halogenated alkanes) is 19. The molecule has 0 bridgehead atoms. The first-order chi connectivity index (χ1) is 24.6. The number of phosphoric ester groups is 1. The zero-order valence-electron chi connectivity index (χ0n) is 31.9. The van der Waals surface area contributed by atoms with Crippen molar-refractivity contribution in [3.8, 4) is 0 Å². The second-order valence-corrected chi connectivity index (χ2v) is 14.9. The van der Waals surface area contributed by atoms with Crippen molar-refractivity contribution in [2.45, 2.75) is 187 Å². The van der Waals surface area contributed by atoms with E-state index in [-0.39, 0.29) is 19.4 Å². The molecule has 51 heavy (non-hydrogen) atoms. The minimum absolute atomic E-state index is 0.151. The van der Waals surface area contributed by atoms with Crippen LogP contribution in [0.3, 0.4) is 0 Å². The molecular formula is C39H72NO10P. The highest BCUT2D eigenvalue weighted by molar-refractivity contribution is 7.47. The lowest BCUT2D eigenvalue weighted by atomic mass is 10.1. The summed E-state index contributed by atoms with van der Waals surface area (Å²) >= 11 is 0. The van der Waals surface area contributed by atoms with Gasteiger partial charge in [0.1, 0.15) is 12.6 Å². The Balaban J connectivity index is 4.45. The van der Waals surface area contributed by atoms with E-state index in [1.807, 2.05) is 0 Å². The topological polar surface area (TPSA) is 172 Å². The zero-order chi connectivity index (χ0) is 37.8. The summed E-state index contributed by atoms with van der Waals surface area (Å²) in [4.78, 5) is 45.8. The molecule has 0 aliphatic heterocycles. The van der Waals surface area contributed by atoms with Gasteiger partial charge in [0.15, 0.2) is 6.10 Å². The van der Waals surface area contributed by atoms with Crippen LogP contribution in [-0.2, 0) is 37.5 Å². The Bertz CT molecular complexity index is 974. The number of carbonyl (C=O) groups is 3. The number of nitrogens with two attached hydrogens (primary N) is 1. The van der Waals surface area contributed by atoms with Gasteiger partial charge >= 0.3 is 25.7 Å². The Morgan fingerprint density at radius 1 is 0.588 bits per heavy atom. The summed E-state index contributed by atoms with van der Waals surface area (Å²) in [6, 6.07) is -1.52. The molecule has 0 aliphatic rings. The summed E-state index contributed by atoms with van der Waals surface area (Å²) < 4.78 is 32.6. The van der Waals surface area contributed by atoms with Gasteiger partial charge < -0.3 is 25.2 Å². The van der Waals surface area contributed by atoms with Gasteiger partial charge in [-0.1, -0.05) is 122 Å². The molecule has 0 aromatic heterocycles. The van der Waals surface area contributed by atoms with Crippen LogP contribution in [0.2, 0.25) is 0 Å². The highest BCUT2D eigenvalue weighted by atomic mass is 31.2. The normalized spacial score (nSPS) is 14.1. The van der Waals surface area contributed by atoms with Crippen LogP contribution >= 0.6 is 7.82 Å². The van der Waals surface area contributed by atoms with Crippen LogP contribution in [0.25, 0.3) is 0 Å². The van der Waals surface area contributed by atoms with Crippen molar-refractivity contribution in [2.24, 2.45) is 5.73 Å². The molecule has 0 aromatic carbocycles. The molecule has 1 unspecified atom stereocenters. The van der Waals surface area contributed by atoms with Crippen LogP contribution in [0, 0.1) is 0 Å². The number of ether oxygens (including phenoxy) is 2. The van der Waals surface area contributed by atoms with Crippen molar-refractivity contribution >= 4 is 25.7 Å². The van der Waals surface area contributed by atoms with E-state index in [2.05, 4.69) is 42.7 Å². The van der Waals surface area contributed by atoms with Crippen molar-refractivity contribution in [1.82, 2.24) is 0 Å². The van der Waals surface area contributed by atoms with Gasteiger partial charge in [-0.2, -0.15) is 0 Å². The summed E-state index contributed by atoms with van der Waals surface area (Å²) in [5.74, 6) is -2.40. The lowest BCUT2D eigenvalue weighted by molar-refractivity contribution is -0.161. The van der Waals surface area contributed by atoms with Gasteiger partial charge in [0.25, 0.3) is 0 Å². The predicted molar refractivity (Wildman–Crippen MR) is 203 cm³/mol. The Kier molecular flexibility index (Phi) is 33.6. The maximum atomic E-state index is 12.6. The molecule has 3 atom stereocenters. The molecule has 0 rings (SSSR count). The Hall–Kier alpha value is -2.04. The predicted octanol–water partition coefficient (Wildman–Crippen LogP) is 9.89. The highest BCUT2D eigenvalue weighted by Gasteiger charge is 2.28. The van der Waals surface area contributed by atoms with E-state index in [1.165, 1.54) is 57.8 Å². The van der Waals surface area contributed by atoms with Crippen molar-refractivity contribution < 1.29 is 47.5 Å². The third kappa shape index (κ3) is 34.8. The summed E-state index contributed by atoms with van der Waals surface area (Å²) in [5.41, 5.74) is 5.32. The van der Waals surface area contributed by atoms with E-state index < -0.39 is 51.1 Å². The van der Waals surface area contributed by atoms with E-state index in [1.54, 1.807) is 0 Å². The number of rotatable bonds is 37. The molecule has 0 spiro atoms. The summed E-state index contributed by atoms with van der Waals surface area (Å²) in [6.07, 6.45) is 33.9. The molecule has 298 valence electrons. The molecule has 0 fully saturated rings. The third-order valence-electron chi connectivity index (χ3n) is 8.42. The van der Waals surface area contributed by atoms with E-state index in [0.29, 0.717) is 12.8 Å². The van der Waals surface area contributed by atoms with Crippen molar-refractivity contribution in [3.63, 3.8) is 0 Å². The number of carbonyl (C=O) groups excluding carboxylic acids is 2. The second-order valence-electron chi connectivity index (χ2n) is 13.4. The molecule has 0 aromatic rings. The molecule has 12 heteroatoms. The fourth-order valence-electron chi connectivity index (χ4n) is 5.23. The first-order valence-electron chi connectivity index (χ1n) is 19.9. The Morgan fingerprint density at radius 2 is 0.980 bits per heavy atom. The first kappa shape index (κ1) is 49.0. The van der Waals surface area contributed by atoms with Gasteiger partial charge in [-0.05, 0) is 64.2 Å². The molecule has 0 amide bonds. The molecule has 4 N–H and O–H groups in total. The van der Waals surface area contributed by atoms with Crippen molar-refractivity contribution in [3.05, 3.63) is 24.3 Å². The fraction of sp³-hybridized carbons (Fsp3) is 0.821. The van der Waals surface area contributed by atoms with Crippen LogP contribution in [0.5, 0.6) is 0 Å².